The van der Waals surface area contributed by atoms with Gasteiger partial charge in [0.1, 0.15) is 17.7 Å². The van der Waals surface area contributed by atoms with E-state index in [0.717, 1.165) is 97.8 Å². The number of amides is 1. The number of carbonyl (C=O) groups excluding carboxylic acids is 1. The first-order chi connectivity index (χ1) is 20.0. The molecule has 3 aliphatic rings. The van der Waals surface area contributed by atoms with Crippen LogP contribution in [0.15, 0.2) is 41.1 Å². The lowest BCUT2D eigenvalue weighted by atomic mass is 9.70. The van der Waals surface area contributed by atoms with Crippen molar-refractivity contribution in [3.8, 4) is 17.0 Å². The zero-order chi connectivity index (χ0) is 28.3. The average molecular weight is 559 g/mol. The van der Waals surface area contributed by atoms with E-state index in [1.165, 1.54) is 6.42 Å². The van der Waals surface area contributed by atoms with Crippen LogP contribution in [0.3, 0.4) is 0 Å². The monoisotopic (exact) mass is 558 g/mol. The van der Waals surface area contributed by atoms with Crippen molar-refractivity contribution in [1.82, 2.24) is 20.3 Å². The normalized spacial score (nSPS) is 24.1. The molecule has 3 aliphatic carbocycles. The largest absolute Gasteiger partial charge is 0.495 e. The van der Waals surface area contributed by atoms with Gasteiger partial charge in [-0.25, -0.2) is 4.98 Å². The van der Waals surface area contributed by atoms with Gasteiger partial charge < -0.3 is 19.6 Å². The number of oxazole rings is 1. The van der Waals surface area contributed by atoms with Gasteiger partial charge in [0.15, 0.2) is 5.89 Å². The van der Waals surface area contributed by atoms with Gasteiger partial charge in [0, 0.05) is 41.8 Å². The molecule has 3 aromatic heterocycles. The Morgan fingerprint density at radius 3 is 2.66 bits per heavy atom. The summed E-state index contributed by atoms with van der Waals surface area (Å²) in [4.78, 5) is 27.9. The number of aliphatic hydroxyl groups is 1. The standard InChI is InChI=1S/C33H42N4O4/c1-20-30(40-2)13-12-27(35-20)26-11-10-24(16-25(26)18-38)31(37-32(39)21-6-4-3-5-7-21)28-17-23(14-15-34-28)29-19-41-33(36-29)22-8-9-22/h12-15,17,19,21-22,24-26,31,38H,3-11,16,18H2,1-2H3,(H,37,39). The zero-order valence-corrected chi connectivity index (χ0v) is 24.2. The minimum atomic E-state index is -0.236. The maximum atomic E-state index is 13.6. The molecular formula is C33H42N4O4. The summed E-state index contributed by atoms with van der Waals surface area (Å²) < 4.78 is 11.2. The second-order valence-electron chi connectivity index (χ2n) is 12.3. The van der Waals surface area contributed by atoms with Crippen LogP contribution in [0.2, 0.25) is 0 Å². The minimum absolute atomic E-state index is 0.0444. The zero-order valence-electron chi connectivity index (χ0n) is 24.2. The van der Waals surface area contributed by atoms with Gasteiger partial charge in [-0.15, -0.1) is 0 Å². The highest BCUT2D eigenvalue weighted by Crippen LogP contribution is 2.45. The SMILES string of the molecule is COc1ccc(C2CCC(C(NC(=O)C3CCCCC3)c3cc(-c4coc(C5CC5)n4)ccn3)CC2CO)nc1C. The van der Waals surface area contributed by atoms with E-state index in [0.29, 0.717) is 5.92 Å². The number of methoxy groups -OCH3 is 1. The summed E-state index contributed by atoms with van der Waals surface area (Å²) in [6.07, 6.45) is 13.7. The number of hydrogen-bond acceptors (Lipinski definition) is 7. The summed E-state index contributed by atoms with van der Waals surface area (Å²) in [5.74, 6) is 2.58. The van der Waals surface area contributed by atoms with E-state index in [4.69, 9.17) is 24.1 Å². The molecule has 6 rings (SSSR count). The van der Waals surface area contributed by atoms with Crippen molar-refractivity contribution in [3.63, 3.8) is 0 Å². The smallest absolute Gasteiger partial charge is 0.223 e. The molecule has 0 radical (unpaired) electrons. The first-order valence-electron chi connectivity index (χ1n) is 15.4. The second-order valence-corrected chi connectivity index (χ2v) is 12.3. The van der Waals surface area contributed by atoms with Gasteiger partial charge in [0.05, 0.1) is 24.5 Å². The Kier molecular flexibility index (Phi) is 8.37. The molecule has 0 spiro atoms. The summed E-state index contributed by atoms with van der Waals surface area (Å²) in [5, 5.41) is 14.0. The van der Waals surface area contributed by atoms with E-state index in [-0.39, 0.29) is 42.2 Å². The summed E-state index contributed by atoms with van der Waals surface area (Å²) in [5.41, 5.74) is 4.47. The van der Waals surface area contributed by atoms with Crippen LogP contribution in [0.1, 0.15) is 105 Å². The highest BCUT2D eigenvalue weighted by Gasteiger charge is 2.38. The maximum Gasteiger partial charge on any atom is 0.223 e. The number of hydrogen-bond donors (Lipinski definition) is 2. The quantitative estimate of drug-likeness (QED) is 0.319. The molecule has 3 saturated carbocycles. The summed E-state index contributed by atoms with van der Waals surface area (Å²) in [6, 6.07) is 7.79. The van der Waals surface area contributed by atoms with Crippen molar-refractivity contribution >= 4 is 5.91 Å². The van der Waals surface area contributed by atoms with Crippen LogP contribution in [-0.2, 0) is 4.79 Å². The molecule has 0 saturated heterocycles. The molecular weight excluding hydrogens is 516 g/mol. The number of ether oxygens (including phenoxy) is 1. The second kappa shape index (κ2) is 12.3. The number of pyridine rings is 2. The predicted octanol–water partition coefficient (Wildman–Crippen LogP) is 6.26. The number of rotatable bonds is 9. The van der Waals surface area contributed by atoms with Crippen molar-refractivity contribution in [2.45, 2.75) is 89.0 Å². The highest BCUT2D eigenvalue weighted by atomic mass is 16.5. The summed E-state index contributed by atoms with van der Waals surface area (Å²) in [6.45, 7) is 2.04. The third-order valence-electron chi connectivity index (χ3n) is 9.51. The van der Waals surface area contributed by atoms with E-state index in [1.54, 1.807) is 13.4 Å². The van der Waals surface area contributed by atoms with Crippen molar-refractivity contribution in [1.29, 1.82) is 0 Å². The molecule has 2 N–H and O–H groups in total. The molecule has 4 atom stereocenters. The number of nitrogens with zero attached hydrogens (tertiary/aromatic N) is 3. The van der Waals surface area contributed by atoms with E-state index in [1.807, 2.05) is 31.3 Å². The molecule has 8 heteroatoms. The van der Waals surface area contributed by atoms with Crippen molar-refractivity contribution in [3.05, 3.63) is 59.7 Å². The predicted molar refractivity (Wildman–Crippen MR) is 155 cm³/mol. The average Bonchev–Trinajstić information content (AvgIpc) is 3.75. The lowest BCUT2D eigenvalue weighted by Crippen LogP contribution is -2.41. The highest BCUT2D eigenvalue weighted by molar-refractivity contribution is 5.79. The van der Waals surface area contributed by atoms with Crippen LogP contribution >= 0.6 is 0 Å². The first-order valence-corrected chi connectivity index (χ1v) is 15.4. The van der Waals surface area contributed by atoms with Crippen LogP contribution in [-0.4, -0.2) is 39.7 Å². The number of carbonyl (C=O) groups is 1. The molecule has 0 bridgehead atoms. The van der Waals surface area contributed by atoms with Gasteiger partial charge in [-0.2, -0.15) is 0 Å². The van der Waals surface area contributed by atoms with Gasteiger partial charge in [-0.1, -0.05) is 19.3 Å². The Hall–Kier alpha value is -3.26. The third-order valence-corrected chi connectivity index (χ3v) is 9.51. The van der Waals surface area contributed by atoms with E-state index in [9.17, 15) is 9.90 Å². The number of aryl methyl sites for hydroxylation is 1. The molecule has 41 heavy (non-hydrogen) atoms. The van der Waals surface area contributed by atoms with Gasteiger partial charge >= 0.3 is 0 Å². The molecule has 0 aromatic carbocycles. The Labute approximate surface area is 242 Å². The van der Waals surface area contributed by atoms with Gasteiger partial charge in [-0.3, -0.25) is 14.8 Å². The summed E-state index contributed by atoms with van der Waals surface area (Å²) in [7, 11) is 1.66. The van der Waals surface area contributed by atoms with Crippen LogP contribution in [0.4, 0.5) is 0 Å². The Morgan fingerprint density at radius 1 is 1.10 bits per heavy atom. The fourth-order valence-corrected chi connectivity index (χ4v) is 6.97. The molecule has 8 nitrogen and oxygen atoms in total. The van der Waals surface area contributed by atoms with Crippen molar-refractivity contribution in [2.75, 3.05) is 13.7 Å². The van der Waals surface area contributed by atoms with E-state index >= 15 is 0 Å². The van der Waals surface area contributed by atoms with Crippen molar-refractivity contribution < 1.29 is 19.1 Å². The molecule has 3 heterocycles. The van der Waals surface area contributed by atoms with Crippen LogP contribution in [0.5, 0.6) is 5.75 Å². The number of aliphatic hydroxyl groups excluding tert-OH is 1. The molecule has 1 amide bonds. The third kappa shape index (κ3) is 6.17. The van der Waals surface area contributed by atoms with E-state index < -0.39 is 0 Å². The first kappa shape index (κ1) is 27.9. The fraction of sp³-hybridized carbons (Fsp3) is 0.576. The number of nitrogens with one attached hydrogen (secondary N) is 1. The lowest BCUT2D eigenvalue weighted by Gasteiger charge is -2.39. The molecule has 3 fully saturated rings. The molecule has 0 aliphatic heterocycles. The van der Waals surface area contributed by atoms with Crippen LogP contribution in [0, 0.1) is 24.7 Å². The molecule has 3 aromatic rings. The Bertz CT molecular complexity index is 1350. The maximum absolute atomic E-state index is 13.6. The van der Waals surface area contributed by atoms with Gasteiger partial charge in [0.2, 0.25) is 5.91 Å². The minimum Gasteiger partial charge on any atom is -0.495 e. The Balaban J connectivity index is 1.26. The topological polar surface area (TPSA) is 110 Å². The van der Waals surface area contributed by atoms with Gasteiger partial charge in [-0.05, 0) is 88.0 Å². The van der Waals surface area contributed by atoms with Gasteiger partial charge in [0.25, 0.3) is 0 Å². The fourth-order valence-electron chi connectivity index (χ4n) is 6.97. The van der Waals surface area contributed by atoms with Crippen molar-refractivity contribution in [2.24, 2.45) is 17.8 Å². The van der Waals surface area contributed by atoms with E-state index in [2.05, 4.69) is 11.4 Å². The molecule has 218 valence electrons. The summed E-state index contributed by atoms with van der Waals surface area (Å²) >= 11 is 0. The number of aromatic nitrogens is 3. The Morgan fingerprint density at radius 2 is 1.93 bits per heavy atom. The molecule has 4 unspecified atom stereocenters. The lowest BCUT2D eigenvalue weighted by molar-refractivity contribution is -0.127. The van der Waals surface area contributed by atoms with Crippen LogP contribution < -0.4 is 10.1 Å². The van der Waals surface area contributed by atoms with Crippen LogP contribution in [0.25, 0.3) is 11.3 Å².